The molecule has 2 atom stereocenters. The molecule has 0 spiro atoms. The second kappa shape index (κ2) is 9.55. The minimum Gasteiger partial charge on any atom is -0.370 e. The number of nitrogens with zero attached hydrogens (tertiary/aromatic N) is 4. The van der Waals surface area contributed by atoms with Crippen LogP contribution >= 0.6 is 0 Å². The summed E-state index contributed by atoms with van der Waals surface area (Å²) in [6, 6.07) is 0.536. The summed E-state index contributed by atoms with van der Waals surface area (Å²) in [5, 5.41) is 7.53. The van der Waals surface area contributed by atoms with Crippen molar-refractivity contribution in [1.82, 2.24) is 20.0 Å². The van der Waals surface area contributed by atoms with Gasteiger partial charge in [0.05, 0.1) is 18.8 Å². The van der Waals surface area contributed by atoms with Crippen molar-refractivity contribution in [2.45, 2.75) is 52.1 Å². The van der Waals surface area contributed by atoms with Crippen LogP contribution in [-0.2, 0) is 7.05 Å². The van der Waals surface area contributed by atoms with Crippen molar-refractivity contribution in [2.75, 3.05) is 20.6 Å². The Morgan fingerprint density at radius 3 is 2.57 bits per heavy atom. The number of aromatic nitrogens is 2. The fourth-order valence-corrected chi connectivity index (χ4v) is 2.57. The molecule has 0 bridgehead atoms. The first-order chi connectivity index (χ1) is 10.8. The molecular formula is C17H34N6. The molecule has 3 N–H and O–H groups in total. The van der Waals surface area contributed by atoms with E-state index in [1.54, 1.807) is 0 Å². The lowest BCUT2D eigenvalue weighted by atomic mass is 10.0. The van der Waals surface area contributed by atoms with Crippen LogP contribution in [0, 0.1) is 5.92 Å². The van der Waals surface area contributed by atoms with Crippen LogP contribution in [-0.4, -0.2) is 47.3 Å². The van der Waals surface area contributed by atoms with E-state index < -0.39 is 0 Å². The number of likely N-dealkylation sites (N-methyl/N-ethyl adjacent to an activating group) is 1. The molecule has 0 saturated carbocycles. The van der Waals surface area contributed by atoms with Crippen molar-refractivity contribution in [2.24, 2.45) is 23.7 Å². The van der Waals surface area contributed by atoms with Crippen LogP contribution in [0.2, 0.25) is 0 Å². The number of aliphatic imine (C=N–C) groups is 1. The molecule has 23 heavy (non-hydrogen) atoms. The molecule has 0 fully saturated rings. The molecule has 1 aromatic rings. The molecule has 1 heterocycles. The SMILES string of the molecule is CC(C)CCCC(C)NC(N)=NCC(c1cnn(C)c1)N(C)C. The van der Waals surface area contributed by atoms with Crippen molar-refractivity contribution >= 4 is 5.96 Å². The summed E-state index contributed by atoms with van der Waals surface area (Å²) in [6.45, 7) is 7.30. The third-order valence-corrected chi connectivity index (χ3v) is 3.98. The standard InChI is InChI=1S/C17H34N6/c1-13(2)8-7-9-14(3)21-17(18)19-11-16(22(4)5)15-10-20-23(6)12-15/h10,12-14,16H,7-9,11H2,1-6H3,(H3,18,19,21). The second-order valence-corrected chi connectivity index (χ2v) is 7.02. The molecule has 132 valence electrons. The molecule has 1 aromatic heterocycles. The van der Waals surface area contributed by atoms with E-state index in [1.165, 1.54) is 12.8 Å². The molecule has 0 radical (unpaired) electrons. The van der Waals surface area contributed by atoms with Gasteiger partial charge in [0.15, 0.2) is 5.96 Å². The van der Waals surface area contributed by atoms with Gasteiger partial charge in [0.25, 0.3) is 0 Å². The monoisotopic (exact) mass is 322 g/mol. The fraction of sp³-hybridized carbons (Fsp3) is 0.765. The van der Waals surface area contributed by atoms with E-state index in [0.717, 1.165) is 17.9 Å². The summed E-state index contributed by atoms with van der Waals surface area (Å²) in [6.07, 6.45) is 7.51. The van der Waals surface area contributed by atoms with Crippen molar-refractivity contribution in [3.8, 4) is 0 Å². The van der Waals surface area contributed by atoms with Crippen LogP contribution < -0.4 is 11.1 Å². The summed E-state index contributed by atoms with van der Waals surface area (Å²) >= 11 is 0. The molecule has 0 amide bonds. The topological polar surface area (TPSA) is 71.5 Å². The van der Waals surface area contributed by atoms with Gasteiger partial charge < -0.3 is 16.0 Å². The summed E-state index contributed by atoms with van der Waals surface area (Å²) in [5.74, 6) is 1.28. The van der Waals surface area contributed by atoms with Crippen molar-refractivity contribution in [3.63, 3.8) is 0 Å². The van der Waals surface area contributed by atoms with E-state index >= 15 is 0 Å². The summed E-state index contributed by atoms with van der Waals surface area (Å²) in [4.78, 5) is 6.66. The molecule has 0 saturated heterocycles. The van der Waals surface area contributed by atoms with Gasteiger partial charge in [-0.3, -0.25) is 9.67 Å². The quantitative estimate of drug-likeness (QED) is 0.540. The number of aryl methyl sites for hydroxylation is 1. The van der Waals surface area contributed by atoms with Crippen LogP contribution in [0.15, 0.2) is 17.4 Å². The fourth-order valence-electron chi connectivity index (χ4n) is 2.57. The third-order valence-electron chi connectivity index (χ3n) is 3.98. The molecule has 6 nitrogen and oxygen atoms in total. The number of nitrogens with one attached hydrogen (secondary N) is 1. The first-order valence-electron chi connectivity index (χ1n) is 8.51. The van der Waals surface area contributed by atoms with E-state index in [-0.39, 0.29) is 6.04 Å². The molecule has 0 aliphatic rings. The number of hydrogen-bond acceptors (Lipinski definition) is 3. The predicted octanol–water partition coefficient (Wildman–Crippen LogP) is 2.14. The Bertz CT molecular complexity index is 477. The van der Waals surface area contributed by atoms with Gasteiger partial charge in [0, 0.05) is 24.8 Å². The summed E-state index contributed by atoms with van der Waals surface area (Å²) in [7, 11) is 6.02. The highest BCUT2D eigenvalue weighted by Crippen LogP contribution is 2.17. The van der Waals surface area contributed by atoms with Crippen LogP contribution in [0.1, 0.15) is 51.6 Å². The van der Waals surface area contributed by atoms with Gasteiger partial charge in [0.2, 0.25) is 0 Å². The lowest BCUT2D eigenvalue weighted by molar-refractivity contribution is 0.306. The summed E-state index contributed by atoms with van der Waals surface area (Å²) < 4.78 is 1.81. The van der Waals surface area contributed by atoms with Crippen molar-refractivity contribution in [3.05, 3.63) is 18.0 Å². The van der Waals surface area contributed by atoms with Gasteiger partial charge in [-0.15, -0.1) is 0 Å². The smallest absolute Gasteiger partial charge is 0.188 e. The van der Waals surface area contributed by atoms with Crippen LogP contribution in [0.3, 0.4) is 0 Å². The average molecular weight is 323 g/mol. The van der Waals surface area contributed by atoms with Crippen LogP contribution in [0.4, 0.5) is 0 Å². The minimum absolute atomic E-state index is 0.181. The molecule has 1 rings (SSSR count). The summed E-state index contributed by atoms with van der Waals surface area (Å²) in [5.41, 5.74) is 7.19. The molecule has 0 aliphatic carbocycles. The van der Waals surface area contributed by atoms with Gasteiger partial charge in [-0.25, -0.2) is 0 Å². The zero-order valence-electron chi connectivity index (χ0n) is 15.6. The first kappa shape index (κ1) is 19.5. The minimum atomic E-state index is 0.181. The van der Waals surface area contributed by atoms with Gasteiger partial charge in [-0.2, -0.15) is 5.10 Å². The predicted molar refractivity (Wildman–Crippen MR) is 97.4 cm³/mol. The zero-order chi connectivity index (χ0) is 17.4. The second-order valence-electron chi connectivity index (χ2n) is 7.02. The molecule has 0 aromatic carbocycles. The van der Waals surface area contributed by atoms with Gasteiger partial charge >= 0.3 is 0 Å². The molecule has 0 aliphatic heterocycles. The number of nitrogens with two attached hydrogens (primary N) is 1. The van der Waals surface area contributed by atoms with Crippen LogP contribution in [0.25, 0.3) is 0 Å². The number of guanidine groups is 1. The van der Waals surface area contributed by atoms with Crippen molar-refractivity contribution in [1.29, 1.82) is 0 Å². The Hall–Kier alpha value is -1.56. The van der Waals surface area contributed by atoms with Gasteiger partial charge in [-0.1, -0.05) is 26.7 Å². The molecule has 2 unspecified atom stereocenters. The first-order valence-corrected chi connectivity index (χ1v) is 8.51. The van der Waals surface area contributed by atoms with Gasteiger partial charge in [-0.05, 0) is 33.4 Å². The molecule has 6 heteroatoms. The van der Waals surface area contributed by atoms with E-state index in [1.807, 2.05) is 38.2 Å². The highest BCUT2D eigenvalue weighted by molar-refractivity contribution is 5.78. The Morgan fingerprint density at radius 1 is 1.35 bits per heavy atom. The van der Waals surface area contributed by atoms with Crippen LogP contribution in [0.5, 0.6) is 0 Å². The maximum Gasteiger partial charge on any atom is 0.188 e. The highest BCUT2D eigenvalue weighted by Gasteiger charge is 2.15. The lowest BCUT2D eigenvalue weighted by Gasteiger charge is -2.22. The number of rotatable bonds is 9. The van der Waals surface area contributed by atoms with Gasteiger partial charge in [0.1, 0.15) is 0 Å². The number of hydrogen-bond donors (Lipinski definition) is 2. The largest absolute Gasteiger partial charge is 0.370 e. The molecular weight excluding hydrogens is 288 g/mol. The Balaban J connectivity index is 2.49. The van der Waals surface area contributed by atoms with E-state index in [0.29, 0.717) is 18.5 Å². The Morgan fingerprint density at radius 2 is 2.04 bits per heavy atom. The lowest BCUT2D eigenvalue weighted by Crippen LogP contribution is -2.39. The normalized spacial score (nSPS) is 15.2. The van der Waals surface area contributed by atoms with Crippen molar-refractivity contribution < 1.29 is 0 Å². The average Bonchev–Trinajstić information content (AvgIpc) is 2.84. The zero-order valence-corrected chi connectivity index (χ0v) is 15.6. The third kappa shape index (κ3) is 7.50. The Kier molecular flexibility index (Phi) is 8.09. The Labute approximate surface area is 141 Å². The van der Waals surface area contributed by atoms with E-state index in [2.05, 4.69) is 41.1 Å². The maximum atomic E-state index is 6.04. The maximum absolute atomic E-state index is 6.04. The van der Waals surface area contributed by atoms with E-state index in [9.17, 15) is 0 Å². The highest BCUT2D eigenvalue weighted by atomic mass is 15.2. The van der Waals surface area contributed by atoms with E-state index in [4.69, 9.17) is 5.73 Å².